The molecule has 47 heavy (non-hydrogen) atoms. The molecule has 4 rings (SSSR count). The van der Waals surface area contributed by atoms with Gasteiger partial charge in [-0.25, -0.2) is 0 Å². The van der Waals surface area contributed by atoms with E-state index in [1.165, 1.54) is 160 Å². The van der Waals surface area contributed by atoms with E-state index in [0.717, 1.165) is 0 Å². The summed E-state index contributed by atoms with van der Waals surface area (Å²) < 4.78 is 1.36. The monoisotopic (exact) mass is 660 g/mol. The number of aryl methyl sites for hydroxylation is 4. The van der Waals surface area contributed by atoms with Crippen LogP contribution in [0.15, 0.2) is 109 Å². The van der Waals surface area contributed by atoms with Crippen LogP contribution in [0.2, 0.25) is 0 Å². The Bertz CT molecular complexity index is 1260. The van der Waals surface area contributed by atoms with E-state index in [1.54, 1.807) is 0 Å². The standard InChI is InChI=1S/C22H30ClP.C22H29.Li/c23-24-22-18-16-21(17-19-22)15-9-6-4-2-1-3-5-8-12-20-13-10-7-11-14-20;1(3-5-9-15-21-17-11-7-12-18-21)2-4-6-10-16-22-19-13-8-14-20-22;/h7,10-11,13-14,16-19,24H,1-6,8-9,12,15H2;7,11-14,17-20H,1-6,9-10,15-16H2;. The molecule has 1 unspecified atom stereocenters. The summed E-state index contributed by atoms with van der Waals surface area (Å²) in [7, 11) is 0.392. The predicted octanol–water partition coefficient (Wildman–Crippen LogP) is 12.4. The first-order valence-corrected chi connectivity index (χ1v) is 20.8. The molecule has 0 spiro atoms. The van der Waals surface area contributed by atoms with E-state index in [-0.39, 0.29) is 0 Å². The second-order valence-electron chi connectivity index (χ2n) is 13.4. The van der Waals surface area contributed by atoms with Gasteiger partial charge in [-0.05, 0) is 60.5 Å². The zero-order valence-electron chi connectivity index (χ0n) is 29.4. The molecular formula is C44H59ClLiP. The van der Waals surface area contributed by atoms with Gasteiger partial charge < -0.3 is 0 Å². The summed E-state index contributed by atoms with van der Waals surface area (Å²) in [6, 6.07) is 39.5. The van der Waals surface area contributed by atoms with Crippen molar-refractivity contribution < 1.29 is 0 Å². The fourth-order valence-corrected chi connectivity index (χ4v) is 6.89. The number of halogens is 1. The Hall–Kier alpha value is -1.80. The van der Waals surface area contributed by atoms with Gasteiger partial charge in [-0.15, -0.1) is 0 Å². The van der Waals surface area contributed by atoms with Crippen molar-refractivity contribution in [2.75, 3.05) is 0 Å². The van der Waals surface area contributed by atoms with E-state index >= 15 is 0 Å². The minimum absolute atomic E-state index is 0.392. The summed E-state index contributed by atoms with van der Waals surface area (Å²) >= 11 is 8.00. The van der Waals surface area contributed by atoms with Crippen LogP contribution >= 0.6 is 19.2 Å². The van der Waals surface area contributed by atoms with Gasteiger partial charge in [-0.3, -0.25) is 0 Å². The van der Waals surface area contributed by atoms with Gasteiger partial charge in [0.1, 0.15) is 0 Å². The second-order valence-corrected chi connectivity index (χ2v) is 14.7. The third kappa shape index (κ3) is 20.3. The Morgan fingerprint density at radius 3 is 0.936 bits per heavy atom. The molecule has 1 atom stereocenters. The molecule has 0 saturated heterocycles. The van der Waals surface area contributed by atoms with Crippen molar-refractivity contribution in [1.29, 1.82) is 0 Å². The van der Waals surface area contributed by atoms with Gasteiger partial charge in [0, 0.05) is 7.93 Å². The van der Waals surface area contributed by atoms with E-state index in [4.69, 9.17) is 11.2 Å². The van der Waals surface area contributed by atoms with Gasteiger partial charge in [0.2, 0.25) is 0 Å². The second kappa shape index (κ2) is 27.1. The van der Waals surface area contributed by atoms with Gasteiger partial charge in [0.15, 0.2) is 0 Å². The van der Waals surface area contributed by atoms with Gasteiger partial charge in [-0.1, -0.05) is 135 Å². The van der Waals surface area contributed by atoms with Crippen molar-refractivity contribution in [3.05, 3.63) is 131 Å². The maximum atomic E-state index is 5.85. The molecule has 0 radical (unpaired) electrons. The third-order valence-electron chi connectivity index (χ3n) is 9.23. The molecule has 0 aliphatic carbocycles. The van der Waals surface area contributed by atoms with E-state index in [1.807, 2.05) is 0 Å². The summed E-state index contributed by atoms with van der Waals surface area (Å²) in [6.07, 6.45) is 27.0. The number of hydrogen-bond acceptors (Lipinski definition) is 0. The summed E-state index contributed by atoms with van der Waals surface area (Å²) in [5, 5.41) is 1.24. The molecule has 0 amide bonds. The van der Waals surface area contributed by atoms with Crippen molar-refractivity contribution in [2.24, 2.45) is 0 Å². The average Bonchev–Trinajstić information content (AvgIpc) is 3.12. The zero-order chi connectivity index (χ0) is 33.0. The number of unbranched alkanes of at least 4 members (excludes halogenated alkanes) is 14. The van der Waals surface area contributed by atoms with Crippen LogP contribution in [0, 0.1) is 0 Å². The zero-order valence-corrected chi connectivity index (χ0v) is 31.2. The molecule has 0 aromatic heterocycles. The van der Waals surface area contributed by atoms with Crippen molar-refractivity contribution in [3.8, 4) is 0 Å². The summed E-state index contributed by atoms with van der Waals surface area (Å²) in [5.41, 5.74) is 5.92. The molecule has 0 aliphatic rings. The molecule has 248 valence electrons. The molecule has 0 nitrogen and oxygen atoms in total. The Kier molecular flexibility index (Phi) is 22.8. The van der Waals surface area contributed by atoms with E-state index < -0.39 is 0 Å². The molecule has 0 saturated carbocycles. The Morgan fingerprint density at radius 2 is 0.617 bits per heavy atom. The van der Waals surface area contributed by atoms with Crippen LogP contribution in [0.3, 0.4) is 0 Å². The number of hydrogen-bond donors (Lipinski definition) is 0. The molecule has 4 aromatic carbocycles. The first-order chi connectivity index (χ1) is 23.2. The van der Waals surface area contributed by atoms with Crippen molar-refractivity contribution in [3.63, 3.8) is 0 Å². The van der Waals surface area contributed by atoms with E-state index in [9.17, 15) is 0 Å². The van der Waals surface area contributed by atoms with Crippen LogP contribution in [0.25, 0.3) is 0 Å². The Labute approximate surface area is 304 Å². The molecular weight excluding hydrogens is 602 g/mol. The summed E-state index contributed by atoms with van der Waals surface area (Å²) in [5.74, 6) is 0. The van der Waals surface area contributed by atoms with Crippen LogP contribution in [0.5, 0.6) is 0 Å². The normalized spacial score (nSPS) is 11.1. The fraction of sp³-hybridized carbons (Fsp3) is 0.455. The van der Waals surface area contributed by atoms with Crippen LogP contribution in [-0.4, -0.2) is 17.7 Å². The van der Waals surface area contributed by atoms with Crippen molar-refractivity contribution in [1.82, 2.24) is 0 Å². The molecule has 0 fully saturated rings. The van der Waals surface area contributed by atoms with Gasteiger partial charge >= 0.3 is 103 Å². The van der Waals surface area contributed by atoms with Crippen LogP contribution in [0.1, 0.15) is 125 Å². The van der Waals surface area contributed by atoms with Crippen molar-refractivity contribution in [2.45, 2.75) is 128 Å². The van der Waals surface area contributed by atoms with Gasteiger partial charge in [0.05, 0.1) is 0 Å². The number of benzene rings is 4. The van der Waals surface area contributed by atoms with Gasteiger partial charge in [-0.2, -0.15) is 0 Å². The summed E-state index contributed by atoms with van der Waals surface area (Å²) in [6.45, 7) is 0. The number of rotatable bonds is 23. The SMILES string of the molecule is ClPc1ccc(CCCCCCCCCCc2ccccc2)cc1.[Li][c]1ccc(CCCCCCCCCCc2ccccc2)cc1. The first-order valence-electron chi connectivity index (χ1n) is 18.8. The van der Waals surface area contributed by atoms with Crippen LogP contribution in [-0.2, 0) is 25.7 Å². The van der Waals surface area contributed by atoms with E-state index in [0.29, 0.717) is 7.93 Å². The molecule has 0 bridgehead atoms. The quantitative estimate of drug-likeness (QED) is 0.0422. The molecule has 0 heterocycles. The maximum absolute atomic E-state index is 5.85. The van der Waals surface area contributed by atoms with Crippen molar-refractivity contribution >= 4 is 46.4 Å². The average molecular weight is 661 g/mol. The molecule has 0 aliphatic heterocycles. The fourth-order valence-electron chi connectivity index (χ4n) is 6.22. The third-order valence-corrected chi connectivity index (χ3v) is 10.4. The molecule has 4 aromatic rings. The van der Waals surface area contributed by atoms with Gasteiger partial charge in [0.25, 0.3) is 0 Å². The topological polar surface area (TPSA) is 0 Å². The first kappa shape index (κ1) is 39.6. The Morgan fingerprint density at radius 1 is 0.340 bits per heavy atom. The Balaban J connectivity index is 0.000000256. The predicted molar refractivity (Wildman–Crippen MR) is 214 cm³/mol. The van der Waals surface area contributed by atoms with Crippen LogP contribution in [0.4, 0.5) is 0 Å². The van der Waals surface area contributed by atoms with Crippen LogP contribution < -0.4 is 9.54 Å². The summed E-state index contributed by atoms with van der Waals surface area (Å²) in [4.78, 5) is 0. The molecule has 0 N–H and O–H groups in total. The van der Waals surface area contributed by atoms with E-state index in [2.05, 4.69) is 127 Å². The molecule has 3 heteroatoms. The minimum atomic E-state index is 0.392.